The molecule has 1 aromatic heterocycles. The molecule has 0 aliphatic heterocycles. The van der Waals surface area contributed by atoms with Crippen LogP contribution in [0.4, 0.5) is 0 Å². The van der Waals surface area contributed by atoms with E-state index in [1.54, 1.807) is 0 Å². The predicted molar refractivity (Wildman–Crippen MR) is 66.9 cm³/mol. The van der Waals surface area contributed by atoms with Crippen LogP contribution in [0.3, 0.4) is 0 Å². The molecule has 0 atom stereocenters. The number of aromatic nitrogens is 2. The first-order chi connectivity index (χ1) is 7.47. The number of H-pyrrole nitrogens is 1. The monoisotopic (exact) mass is 234 g/mol. The molecule has 0 fully saturated rings. The molecule has 1 heterocycles. The first-order valence-corrected chi connectivity index (χ1v) is 5.91. The van der Waals surface area contributed by atoms with E-state index in [2.05, 4.69) is 42.3 Å². The second kappa shape index (κ2) is 3.87. The molecule has 0 saturated heterocycles. The Balaban J connectivity index is 2.36. The summed E-state index contributed by atoms with van der Waals surface area (Å²) in [5, 5.41) is 0. The number of hydrogen-bond donors (Lipinski definition) is 1. The largest absolute Gasteiger partial charge is 0.323 e. The number of rotatable bonds is 1. The topological polar surface area (TPSA) is 45.8 Å². The molecule has 16 heavy (non-hydrogen) atoms. The Labute approximate surface area is 98.3 Å². The van der Waals surface area contributed by atoms with Gasteiger partial charge in [-0.2, -0.15) is 4.37 Å². The molecule has 0 saturated carbocycles. The Morgan fingerprint density at radius 1 is 1.19 bits per heavy atom. The van der Waals surface area contributed by atoms with Crippen molar-refractivity contribution >= 4 is 11.5 Å². The Morgan fingerprint density at radius 2 is 1.81 bits per heavy atom. The van der Waals surface area contributed by atoms with Crippen molar-refractivity contribution in [2.45, 2.75) is 26.2 Å². The van der Waals surface area contributed by atoms with Gasteiger partial charge in [0.1, 0.15) is 0 Å². The molecule has 4 heteroatoms. The van der Waals surface area contributed by atoms with E-state index in [4.69, 9.17) is 0 Å². The number of hydrogen-bond acceptors (Lipinski definition) is 3. The fraction of sp³-hybridized carbons (Fsp3) is 0.333. The number of nitrogens with one attached hydrogen (secondary N) is 1. The van der Waals surface area contributed by atoms with Crippen LogP contribution >= 0.6 is 11.5 Å². The third-order valence-corrected chi connectivity index (χ3v) is 3.01. The van der Waals surface area contributed by atoms with Crippen LogP contribution in [0.25, 0.3) is 11.4 Å². The first-order valence-electron chi connectivity index (χ1n) is 5.14. The maximum atomic E-state index is 11.0. The van der Waals surface area contributed by atoms with Gasteiger partial charge < -0.3 is 0 Å². The second-order valence-electron chi connectivity index (χ2n) is 4.77. The zero-order valence-corrected chi connectivity index (χ0v) is 10.4. The SMILES string of the molecule is CC(C)(C)c1ccc(-c2nsc(=O)[nH]2)cc1. The standard InChI is InChI=1S/C12H14N2OS/c1-12(2,3)9-6-4-8(5-7-9)10-13-11(15)16-14-10/h4-7H,1-3H3,(H,13,14,15). The van der Waals surface area contributed by atoms with E-state index in [1.165, 1.54) is 5.56 Å². The van der Waals surface area contributed by atoms with Gasteiger partial charge in [0, 0.05) is 17.1 Å². The molecule has 1 N–H and O–H groups in total. The quantitative estimate of drug-likeness (QED) is 0.824. The minimum Gasteiger partial charge on any atom is -0.296 e. The van der Waals surface area contributed by atoms with Crippen molar-refractivity contribution in [3.05, 3.63) is 39.5 Å². The van der Waals surface area contributed by atoms with Crippen LogP contribution in [0, 0.1) is 0 Å². The Morgan fingerprint density at radius 3 is 2.25 bits per heavy atom. The zero-order chi connectivity index (χ0) is 11.8. The van der Waals surface area contributed by atoms with Gasteiger partial charge in [-0.25, -0.2) is 0 Å². The molecule has 0 unspecified atom stereocenters. The first kappa shape index (κ1) is 11.1. The van der Waals surface area contributed by atoms with Crippen LogP contribution in [0.15, 0.2) is 29.1 Å². The lowest BCUT2D eigenvalue weighted by Gasteiger charge is -2.18. The van der Waals surface area contributed by atoms with Crippen molar-refractivity contribution in [2.75, 3.05) is 0 Å². The summed E-state index contributed by atoms with van der Waals surface area (Å²) < 4.78 is 4.05. The summed E-state index contributed by atoms with van der Waals surface area (Å²) in [5.41, 5.74) is 2.37. The average Bonchev–Trinajstić information content (AvgIpc) is 2.64. The van der Waals surface area contributed by atoms with Crippen molar-refractivity contribution < 1.29 is 0 Å². The highest BCUT2D eigenvalue weighted by molar-refractivity contribution is 7.03. The van der Waals surface area contributed by atoms with E-state index in [0.717, 1.165) is 17.1 Å². The van der Waals surface area contributed by atoms with Crippen molar-refractivity contribution in [1.82, 2.24) is 9.36 Å². The third-order valence-electron chi connectivity index (χ3n) is 2.46. The van der Waals surface area contributed by atoms with Crippen LogP contribution < -0.4 is 4.87 Å². The number of nitrogens with zero attached hydrogens (tertiary/aromatic N) is 1. The van der Waals surface area contributed by atoms with Crippen LogP contribution in [-0.4, -0.2) is 9.36 Å². The van der Waals surface area contributed by atoms with E-state index in [1.807, 2.05) is 12.1 Å². The van der Waals surface area contributed by atoms with E-state index < -0.39 is 0 Å². The molecule has 84 valence electrons. The van der Waals surface area contributed by atoms with Crippen LogP contribution in [0.1, 0.15) is 26.3 Å². The summed E-state index contributed by atoms with van der Waals surface area (Å²) in [6.07, 6.45) is 0. The van der Waals surface area contributed by atoms with Gasteiger partial charge in [-0.1, -0.05) is 45.0 Å². The molecule has 2 aromatic rings. The fourth-order valence-corrected chi connectivity index (χ4v) is 1.95. The minimum atomic E-state index is -0.116. The zero-order valence-electron chi connectivity index (χ0n) is 9.57. The van der Waals surface area contributed by atoms with Gasteiger partial charge in [0.15, 0.2) is 5.82 Å². The van der Waals surface area contributed by atoms with Gasteiger partial charge in [-0.05, 0) is 11.0 Å². The normalized spacial score (nSPS) is 11.7. The molecule has 2 rings (SSSR count). The number of benzene rings is 1. The van der Waals surface area contributed by atoms with Gasteiger partial charge in [-0.15, -0.1) is 0 Å². The van der Waals surface area contributed by atoms with E-state index in [9.17, 15) is 4.79 Å². The van der Waals surface area contributed by atoms with Crippen molar-refractivity contribution in [2.24, 2.45) is 0 Å². The lowest BCUT2D eigenvalue weighted by atomic mass is 9.87. The predicted octanol–water partition coefficient (Wildman–Crippen LogP) is 2.80. The van der Waals surface area contributed by atoms with Crippen molar-refractivity contribution in [3.63, 3.8) is 0 Å². The maximum absolute atomic E-state index is 11.0. The van der Waals surface area contributed by atoms with Gasteiger partial charge >= 0.3 is 4.87 Å². The molecule has 0 amide bonds. The summed E-state index contributed by atoms with van der Waals surface area (Å²) in [6.45, 7) is 6.52. The van der Waals surface area contributed by atoms with Crippen molar-refractivity contribution in [3.8, 4) is 11.4 Å². The molecule has 0 spiro atoms. The molecule has 0 bridgehead atoms. The van der Waals surface area contributed by atoms with E-state index in [-0.39, 0.29) is 10.3 Å². The molecular formula is C12H14N2OS. The number of aromatic amines is 1. The average molecular weight is 234 g/mol. The molecule has 3 nitrogen and oxygen atoms in total. The van der Waals surface area contributed by atoms with Crippen molar-refractivity contribution in [1.29, 1.82) is 0 Å². The highest BCUT2D eigenvalue weighted by Crippen LogP contribution is 2.24. The van der Waals surface area contributed by atoms with Crippen LogP contribution in [-0.2, 0) is 5.41 Å². The molecule has 0 aliphatic rings. The highest BCUT2D eigenvalue weighted by atomic mass is 32.1. The lowest BCUT2D eigenvalue weighted by Crippen LogP contribution is -2.10. The Kier molecular flexibility index (Phi) is 2.68. The van der Waals surface area contributed by atoms with E-state index >= 15 is 0 Å². The summed E-state index contributed by atoms with van der Waals surface area (Å²) >= 11 is 0.948. The van der Waals surface area contributed by atoms with Gasteiger partial charge in [0.2, 0.25) is 0 Å². The molecular weight excluding hydrogens is 220 g/mol. The summed E-state index contributed by atoms with van der Waals surface area (Å²) in [5.74, 6) is 0.649. The smallest absolute Gasteiger partial charge is 0.296 e. The van der Waals surface area contributed by atoms with Gasteiger partial charge in [0.05, 0.1) is 0 Å². The highest BCUT2D eigenvalue weighted by Gasteiger charge is 2.13. The second-order valence-corrected chi connectivity index (χ2v) is 5.51. The van der Waals surface area contributed by atoms with Gasteiger partial charge in [0.25, 0.3) is 0 Å². The third kappa shape index (κ3) is 2.22. The fourth-order valence-electron chi connectivity index (χ4n) is 1.48. The molecule has 0 radical (unpaired) electrons. The lowest BCUT2D eigenvalue weighted by molar-refractivity contribution is 0.590. The molecule has 1 aromatic carbocycles. The Hall–Kier alpha value is -1.42. The minimum absolute atomic E-state index is 0.116. The summed E-state index contributed by atoms with van der Waals surface area (Å²) in [4.78, 5) is 13.6. The van der Waals surface area contributed by atoms with Gasteiger partial charge in [-0.3, -0.25) is 9.78 Å². The molecule has 0 aliphatic carbocycles. The summed E-state index contributed by atoms with van der Waals surface area (Å²) in [7, 11) is 0. The Bertz CT molecular complexity index is 531. The van der Waals surface area contributed by atoms with Crippen LogP contribution in [0.5, 0.6) is 0 Å². The van der Waals surface area contributed by atoms with E-state index in [0.29, 0.717) is 5.82 Å². The van der Waals surface area contributed by atoms with Crippen LogP contribution in [0.2, 0.25) is 0 Å². The maximum Gasteiger partial charge on any atom is 0.323 e. The summed E-state index contributed by atoms with van der Waals surface area (Å²) in [6, 6.07) is 8.14.